The molecule has 27 heavy (non-hydrogen) atoms. The molecule has 1 saturated heterocycles. The first-order chi connectivity index (χ1) is 13.0. The van der Waals surface area contributed by atoms with Crippen molar-refractivity contribution in [2.45, 2.75) is 33.6 Å². The molecule has 2 amide bonds. The number of rotatable bonds is 3. The molecule has 4 rings (SSSR count). The molecule has 2 aromatic carbocycles. The summed E-state index contributed by atoms with van der Waals surface area (Å²) in [5.41, 5.74) is 5.75. The molecule has 138 valence electrons. The fourth-order valence-electron chi connectivity index (χ4n) is 4.01. The lowest BCUT2D eigenvalue weighted by atomic mass is 10.0. The SMILES string of the molecule is Cc1ccc(C2=C(N3CCCC3)C(=O)N(c3ccc(C)cc3C)C2=O)cc1. The fraction of sp³-hybridized carbons (Fsp3) is 0.304. The monoisotopic (exact) mass is 360 g/mol. The normalized spacial score (nSPS) is 17.4. The summed E-state index contributed by atoms with van der Waals surface area (Å²) in [5.74, 6) is -0.429. The number of hydrogen-bond acceptors (Lipinski definition) is 3. The number of nitrogens with zero attached hydrogens (tertiary/aromatic N) is 2. The standard InChI is InChI=1S/C23H24N2O2/c1-15-6-9-18(10-7-15)20-21(24-12-4-5-13-24)23(27)25(22(20)26)19-11-8-16(2)14-17(19)3/h6-11,14H,4-5,12-13H2,1-3H3. The summed E-state index contributed by atoms with van der Waals surface area (Å²) in [6, 6.07) is 13.7. The van der Waals surface area contributed by atoms with Crippen LogP contribution in [-0.4, -0.2) is 29.8 Å². The number of aryl methyl sites for hydroxylation is 3. The first kappa shape index (κ1) is 17.5. The zero-order valence-electron chi connectivity index (χ0n) is 16.1. The average Bonchev–Trinajstić information content (AvgIpc) is 3.23. The van der Waals surface area contributed by atoms with Crippen LogP contribution < -0.4 is 4.90 Å². The maximum atomic E-state index is 13.4. The minimum Gasteiger partial charge on any atom is -0.366 e. The molecule has 4 nitrogen and oxygen atoms in total. The Morgan fingerprint density at radius 1 is 0.778 bits per heavy atom. The summed E-state index contributed by atoms with van der Waals surface area (Å²) in [6.07, 6.45) is 2.10. The van der Waals surface area contributed by atoms with Crippen LogP contribution in [0.15, 0.2) is 48.2 Å². The van der Waals surface area contributed by atoms with E-state index in [0.29, 0.717) is 17.0 Å². The molecule has 2 aliphatic heterocycles. The second kappa shape index (κ2) is 6.69. The molecule has 0 aliphatic carbocycles. The van der Waals surface area contributed by atoms with Crippen molar-refractivity contribution in [1.82, 2.24) is 4.90 Å². The summed E-state index contributed by atoms with van der Waals surface area (Å²) >= 11 is 0. The number of carbonyl (C=O) groups is 2. The van der Waals surface area contributed by atoms with Gasteiger partial charge in [0.15, 0.2) is 0 Å². The van der Waals surface area contributed by atoms with Gasteiger partial charge in [0, 0.05) is 13.1 Å². The predicted molar refractivity (Wildman–Crippen MR) is 107 cm³/mol. The maximum absolute atomic E-state index is 13.4. The summed E-state index contributed by atoms with van der Waals surface area (Å²) in [4.78, 5) is 30.3. The molecule has 0 bridgehead atoms. The Kier molecular flexibility index (Phi) is 4.34. The molecule has 1 fully saturated rings. The van der Waals surface area contributed by atoms with Crippen molar-refractivity contribution in [3.8, 4) is 0 Å². The van der Waals surface area contributed by atoms with Gasteiger partial charge in [-0.25, -0.2) is 4.90 Å². The largest absolute Gasteiger partial charge is 0.366 e. The van der Waals surface area contributed by atoms with Gasteiger partial charge < -0.3 is 4.90 Å². The Balaban J connectivity index is 1.85. The van der Waals surface area contributed by atoms with Crippen LogP contribution in [0.1, 0.15) is 35.1 Å². The van der Waals surface area contributed by atoms with E-state index in [1.807, 2.05) is 63.2 Å². The summed E-state index contributed by atoms with van der Waals surface area (Å²) in [6.45, 7) is 7.62. The van der Waals surface area contributed by atoms with Gasteiger partial charge in [0.1, 0.15) is 5.70 Å². The van der Waals surface area contributed by atoms with Crippen LogP contribution >= 0.6 is 0 Å². The lowest BCUT2D eigenvalue weighted by Gasteiger charge is -2.21. The van der Waals surface area contributed by atoms with Gasteiger partial charge in [-0.05, 0) is 50.8 Å². The van der Waals surface area contributed by atoms with E-state index >= 15 is 0 Å². The van der Waals surface area contributed by atoms with Crippen molar-refractivity contribution >= 4 is 23.1 Å². The van der Waals surface area contributed by atoms with Gasteiger partial charge >= 0.3 is 0 Å². The van der Waals surface area contributed by atoms with Crippen molar-refractivity contribution in [3.63, 3.8) is 0 Å². The van der Waals surface area contributed by atoms with Crippen LogP contribution in [-0.2, 0) is 9.59 Å². The number of likely N-dealkylation sites (tertiary alicyclic amines) is 1. The van der Waals surface area contributed by atoms with Crippen molar-refractivity contribution in [2.24, 2.45) is 0 Å². The molecular weight excluding hydrogens is 336 g/mol. The van der Waals surface area contributed by atoms with Crippen molar-refractivity contribution < 1.29 is 9.59 Å². The Bertz CT molecular complexity index is 951. The Hall–Kier alpha value is -2.88. The number of imide groups is 1. The van der Waals surface area contributed by atoms with E-state index in [4.69, 9.17) is 0 Å². The molecule has 2 heterocycles. The first-order valence-electron chi connectivity index (χ1n) is 9.49. The molecule has 0 N–H and O–H groups in total. The summed E-state index contributed by atoms with van der Waals surface area (Å²) in [5, 5.41) is 0. The van der Waals surface area contributed by atoms with Crippen LogP contribution in [0.2, 0.25) is 0 Å². The highest BCUT2D eigenvalue weighted by Gasteiger charge is 2.43. The van der Waals surface area contributed by atoms with Crippen LogP contribution in [0.3, 0.4) is 0 Å². The molecule has 4 heteroatoms. The molecule has 0 unspecified atom stereocenters. The van der Waals surface area contributed by atoms with Gasteiger partial charge in [-0.3, -0.25) is 9.59 Å². The highest BCUT2D eigenvalue weighted by atomic mass is 16.2. The van der Waals surface area contributed by atoms with Gasteiger partial charge in [-0.2, -0.15) is 0 Å². The summed E-state index contributed by atoms with van der Waals surface area (Å²) < 4.78 is 0. The Morgan fingerprint density at radius 3 is 2.04 bits per heavy atom. The van der Waals surface area contributed by atoms with Gasteiger partial charge in [0.2, 0.25) is 0 Å². The van der Waals surface area contributed by atoms with E-state index in [9.17, 15) is 9.59 Å². The molecule has 2 aliphatic rings. The van der Waals surface area contributed by atoms with Crippen molar-refractivity contribution in [1.29, 1.82) is 0 Å². The molecule has 0 spiro atoms. The molecular formula is C23H24N2O2. The second-order valence-corrected chi connectivity index (χ2v) is 7.52. The quantitative estimate of drug-likeness (QED) is 0.777. The zero-order valence-corrected chi connectivity index (χ0v) is 16.1. The van der Waals surface area contributed by atoms with E-state index in [1.165, 1.54) is 4.90 Å². The lowest BCUT2D eigenvalue weighted by Crippen LogP contribution is -2.35. The Labute approximate surface area is 160 Å². The highest BCUT2D eigenvalue weighted by Crippen LogP contribution is 2.37. The number of carbonyl (C=O) groups excluding carboxylic acids is 2. The van der Waals surface area contributed by atoms with Crippen molar-refractivity contribution in [2.75, 3.05) is 18.0 Å². The number of amides is 2. The highest BCUT2D eigenvalue weighted by molar-refractivity contribution is 6.45. The minimum absolute atomic E-state index is 0.204. The summed E-state index contributed by atoms with van der Waals surface area (Å²) in [7, 11) is 0. The third kappa shape index (κ3) is 2.95. The van der Waals surface area contributed by atoms with E-state index in [0.717, 1.165) is 48.2 Å². The van der Waals surface area contributed by atoms with Gasteiger partial charge in [0.05, 0.1) is 11.3 Å². The van der Waals surface area contributed by atoms with E-state index in [2.05, 4.69) is 4.90 Å². The smallest absolute Gasteiger partial charge is 0.282 e. The van der Waals surface area contributed by atoms with Crippen LogP contribution in [0, 0.1) is 20.8 Å². The molecule has 0 atom stereocenters. The Morgan fingerprint density at radius 2 is 1.41 bits per heavy atom. The molecule has 0 saturated carbocycles. The predicted octanol–water partition coefficient (Wildman–Crippen LogP) is 3.99. The average molecular weight is 360 g/mol. The maximum Gasteiger partial charge on any atom is 0.282 e. The number of hydrogen-bond donors (Lipinski definition) is 0. The van der Waals surface area contributed by atoms with Crippen LogP contribution in [0.5, 0.6) is 0 Å². The zero-order chi connectivity index (χ0) is 19.1. The molecule has 0 aromatic heterocycles. The first-order valence-corrected chi connectivity index (χ1v) is 9.49. The topological polar surface area (TPSA) is 40.6 Å². The van der Waals surface area contributed by atoms with Gasteiger partial charge in [-0.1, -0.05) is 47.5 Å². The lowest BCUT2D eigenvalue weighted by molar-refractivity contribution is -0.120. The number of anilines is 1. The minimum atomic E-state index is -0.224. The third-order valence-electron chi connectivity index (χ3n) is 5.42. The van der Waals surface area contributed by atoms with Gasteiger partial charge in [0.25, 0.3) is 11.8 Å². The van der Waals surface area contributed by atoms with Crippen LogP contribution in [0.4, 0.5) is 5.69 Å². The van der Waals surface area contributed by atoms with Crippen molar-refractivity contribution in [3.05, 3.63) is 70.4 Å². The van der Waals surface area contributed by atoms with Crippen LogP contribution in [0.25, 0.3) is 5.57 Å². The second-order valence-electron chi connectivity index (χ2n) is 7.52. The number of benzene rings is 2. The molecule has 2 aromatic rings. The fourth-order valence-corrected chi connectivity index (χ4v) is 4.01. The third-order valence-corrected chi connectivity index (χ3v) is 5.42. The van der Waals surface area contributed by atoms with Gasteiger partial charge in [-0.15, -0.1) is 0 Å². The molecule has 0 radical (unpaired) electrons. The van der Waals surface area contributed by atoms with E-state index in [1.54, 1.807) is 0 Å². The van der Waals surface area contributed by atoms with E-state index < -0.39 is 0 Å². The van der Waals surface area contributed by atoms with E-state index in [-0.39, 0.29) is 11.8 Å².